The highest BCUT2D eigenvalue weighted by atomic mass is 32.2. The minimum Gasteiger partial charge on any atom is -0.328 e. The van der Waals surface area contributed by atoms with Crippen LogP contribution in [-0.2, 0) is 10.0 Å². The molecule has 1 saturated heterocycles. The van der Waals surface area contributed by atoms with E-state index in [2.05, 4.69) is 0 Å². The van der Waals surface area contributed by atoms with Gasteiger partial charge in [-0.3, -0.25) is 0 Å². The van der Waals surface area contributed by atoms with Crippen LogP contribution in [0.15, 0.2) is 0 Å². The first kappa shape index (κ1) is 13.3. The first-order valence-electron chi connectivity index (χ1n) is 6.74. The van der Waals surface area contributed by atoms with Gasteiger partial charge in [-0.15, -0.1) is 0 Å². The minimum atomic E-state index is -3.06. The summed E-state index contributed by atoms with van der Waals surface area (Å²) in [6.07, 6.45) is 6.15. The quantitative estimate of drug-likeness (QED) is 0.832. The molecule has 2 aliphatic rings. The van der Waals surface area contributed by atoms with Gasteiger partial charge in [-0.2, -0.15) is 4.31 Å². The number of hydrogen-bond acceptors (Lipinski definition) is 3. The number of rotatable bonds is 3. The van der Waals surface area contributed by atoms with Crippen LogP contribution in [0.2, 0.25) is 0 Å². The summed E-state index contributed by atoms with van der Waals surface area (Å²) in [6, 6.07) is 0.244. The number of hydrogen-bond donors (Lipinski definition) is 1. The Bertz CT molecular complexity index is 350. The van der Waals surface area contributed by atoms with Crippen molar-refractivity contribution in [3.05, 3.63) is 0 Å². The van der Waals surface area contributed by atoms with Gasteiger partial charge in [-0.05, 0) is 38.5 Å². The molecule has 1 aliphatic heterocycles. The van der Waals surface area contributed by atoms with E-state index in [-0.39, 0.29) is 12.1 Å². The van der Waals surface area contributed by atoms with Crippen LogP contribution in [0.5, 0.6) is 0 Å². The molecule has 0 aromatic carbocycles. The van der Waals surface area contributed by atoms with Crippen LogP contribution in [0, 0.1) is 5.92 Å². The van der Waals surface area contributed by atoms with Crippen LogP contribution >= 0.6 is 0 Å². The van der Waals surface area contributed by atoms with Crippen LogP contribution < -0.4 is 5.73 Å². The zero-order valence-corrected chi connectivity index (χ0v) is 11.5. The van der Waals surface area contributed by atoms with Gasteiger partial charge in [0, 0.05) is 18.6 Å². The predicted molar refractivity (Wildman–Crippen MR) is 69.1 cm³/mol. The molecule has 2 rings (SSSR count). The van der Waals surface area contributed by atoms with E-state index in [1.165, 1.54) is 12.8 Å². The normalized spacial score (nSPS) is 33.1. The van der Waals surface area contributed by atoms with Crippen molar-refractivity contribution in [2.45, 2.75) is 57.5 Å². The van der Waals surface area contributed by atoms with Crippen LogP contribution in [0.4, 0.5) is 0 Å². The monoisotopic (exact) mass is 260 g/mol. The molecule has 2 N–H and O–H groups in total. The molecule has 0 aromatic rings. The highest BCUT2D eigenvalue weighted by molar-refractivity contribution is 7.89. The molecule has 0 aromatic heterocycles. The van der Waals surface area contributed by atoms with Gasteiger partial charge in [0.2, 0.25) is 10.0 Å². The van der Waals surface area contributed by atoms with Crippen molar-refractivity contribution in [3.8, 4) is 0 Å². The fourth-order valence-corrected chi connectivity index (χ4v) is 5.31. The molecule has 100 valence electrons. The summed E-state index contributed by atoms with van der Waals surface area (Å²) in [6.45, 7) is 2.59. The molecule has 5 heteroatoms. The Labute approximate surface area is 105 Å². The average Bonchev–Trinajstić information content (AvgIpc) is 2.68. The van der Waals surface area contributed by atoms with E-state index < -0.39 is 10.0 Å². The van der Waals surface area contributed by atoms with Gasteiger partial charge in [-0.25, -0.2) is 8.42 Å². The maximum atomic E-state index is 12.3. The van der Waals surface area contributed by atoms with Crippen molar-refractivity contribution in [2.24, 2.45) is 11.7 Å². The predicted octanol–water partition coefficient (Wildman–Crippen LogP) is 1.32. The topological polar surface area (TPSA) is 63.4 Å². The van der Waals surface area contributed by atoms with Gasteiger partial charge in [-0.1, -0.05) is 12.8 Å². The molecular formula is C12H24N2O2S. The highest BCUT2D eigenvalue weighted by Gasteiger charge is 2.34. The van der Waals surface area contributed by atoms with Gasteiger partial charge in [0.15, 0.2) is 0 Å². The summed E-state index contributed by atoms with van der Waals surface area (Å²) in [5.74, 6) is 0.745. The third kappa shape index (κ3) is 3.20. The number of nitrogens with two attached hydrogens (primary N) is 1. The summed E-state index contributed by atoms with van der Waals surface area (Å²) >= 11 is 0. The van der Waals surface area contributed by atoms with Gasteiger partial charge in [0.25, 0.3) is 0 Å². The second-order valence-electron chi connectivity index (χ2n) is 5.67. The molecule has 1 aliphatic carbocycles. The molecule has 1 saturated carbocycles. The van der Waals surface area contributed by atoms with E-state index in [0.29, 0.717) is 18.2 Å². The number of piperidine rings is 1. The van der Waals surface area contributed by atoms with Crippen LogP contribution in [0.3, 0.4) is 0 Å². The molecule has 2 atom stereocenters. The third-order valence-electron chi connectivity index (χ3n) is 4.13. The Morgan fingerprint density at radius 1 is 1.24 bits per heavy atom. The molecule has 0 spiro atoms. The maximum absolute atomic E-state index is 12.3. The summed E-state index contributed by atoms with van der Waals surface area (Å²) in [7, 11) is -3.06. The lowest BCUT2D eigenvalue weighted by Gasteiger charge is -2.35. The van der Waals surface area contributed by atoms with Crippen LogP contribution in [-0.4, -0.2) is 37.1 Å². The molecule has 0 radical (unpaired) electrons. The fourth-order valence-electron chi connectivity index (χ4n) is 3.17. The Kier molecular flexibility index (Phi) is 4.10. The van der Waals surface area contributed by atoms with Crippen molar-refractivity contribution < 1.29 is 8.42 Å². The third-order valence-corrected chi connectivity index (χ3v) is 6.28. The standard InChI is InChI=1S/C12H24N2O2S/c1-10-8-12(13)6-7-14(10)17(15,16)9-11-4-2-3-5-11/h10-12H,2-9,13H2,1H3/t10-,12+/m1/s1. The molecule has 2 fully saturated rings. The van der Waals surface area contributed by atoms with E-state index in [9.17, 15) is 8.42 Å². The summed E-state index contributed by atoms with van der Waals surface area (Å²) in [4.78, 5) is 0. The second-order valence-corrected chi connectivity index (χ2v) is 7.64. The Hall–Kier alpha value is -0.130. The lowest BCUT2D eigenvalue weighted by Crippen LogP contribution is -2.49. The SMILES string of the molecule is C[C@@H]1C[C@@H](N)CCN1S(=O)(=O)CC1CCCC1. The van der Waals surface area contributed by atoms with Gasteiger partial charge in [0.05, 0.1) is 5.75 Å². The Balaban J connectivity index is 1.99. The molecule has 4 nitrogen and oxygen atoms in total. The zero-order valence-electron chi connectivity index (χ0n) is 10.6. The van der Waals surface area contributed by atoms with Crippen molar-refractivity contribution in [3.63, 3.8) is 0 Å². The van der Waals surface area contributed by atoms with E-state index >= 15 is 0 Å². The van der Waals surface area contributed by atoms with E-state index in [1.807, 2.05) is 6.92 Å². The maximum Gasteiger partial charge on any atom is 0.214 e. The van der Waals surface area contributed by atoms with Gasteiger partial charge < -0.3 is 5.73 Å². The number of nitrogens with zero attached hydrogens (tertiary/aromatic N) is 1. The minimum absolute atomic E-state index is 0.0742. The zero-order chi connectivity index (χ0) is 12.5. The smallest absolute Gasteiger partial charge is 0.214 e. The van der Waals surface area contributed by atoms with Gasteiger partial charge in [0.1, 0.15) is 0 Å². The Morgan fingerprint density at radius 3 is 2.47 bits per heavy atom. The first-order chi connectivity index (χ1) is 7.99. The summed E-state index contributed by atoms with van der Waals surface area (Å²) in [5, 5.41) is 0. The molecular weight excluding hydrogens is 236 g/mol. The van der Waals surface area contributed by atoms with Crippen LogP contribution in [0.1, 0.15) is 45.4 Å². The first-order valence-corrected chi connectivity index (χ1v) is 8.35. The molecule has 17 heavy (non-hydrogen) atoms. The Morgan fingerprint density at radius 2 is 1.88 bits per heavy atom. The van der Waals surface area contributed by atoms with Crippen LogP contribution in [0.25, 0.3) is 0 Å². The lowest BCUT2D eigenvalue weighted by atomic mass is 10.0. The molecule has 0 unspecified atom stereocenters. The van der Waals surface area contributed by atoms with Crippen molar-refractivity contribution in [1.29, 1.82) is 0 Å². The van der Waals surface area contributed by atoms with Gasteiger partial charge >= 0.3 is 0 Å². The molecule has 0 bridgehead atoms. The van der Waals surface area contributed by atoms with E-state index in [4.69, 9.17) is 5.73 Å². The van der Waals surface area contributed by atoms with Crippen molar-refractivity contribution >= 4 is 10.0 Å². The fraction of sp³-hybridized carbons (Fsp3) is 1.00. The molecule has 1 heterocycles. The summed E-state index contributed by atoms with van der Waals surface area (Å²) in [5.41, 5.74) is 5.87. The van der Waals surface area contributed by atoms with Crippen molar-refractivity contribution in [1.82, 2.24) is 4.31 Å². The molecule has 0 amide bonds. The van der Waals surface area contributed by atoms with E-state index in [0.717, 1.165) is 25.7 Å². The van der Waals surface area contributed by atoms with E-state index in [1.54, 1.807) is 4.31 Å². The highest BCUT2D eigenvalue weighted by Crippen LogP contribution is 2.28. The largest absolute Gasteiger partial charge is 0.328 e. The summed E-state index contributed by atoms with van der Waals surface area (Å²) < 4.78 is 26.4. The second kappa shape index (κ2) is 5.24. The number of sulfonamides is 1. The van der Waals surface area contributed by atoms with Crippen molar-refractivity contribution in [2.75, 3.05) is 12.3 Å². The lowest BCUT2D eigenvalue weighted by molar-refractivity contribution is 0.246. The average molecular weight is 260 g/mol.